The molecule has 2 N–H and O–H groups in total. The highest BCUT2D eigenvalue weighted by molar-refractivity contribution is 5.85. The summed E-state index contributed by atoms with van der Waals surface area (Å²) in [5.41, 5.74) is 1.54. The molecule has 1 rings (SSSR count). The van der Waals surface area contributed by atoms with Gasteiger partial charge in [0.15, 0.2) is 0 Å². The van der Waals surface area contributed by atoms with Crippen LogP contribution >= 0.6 is 0 Å². The van der Waals surface area contributed by atoms with E-state index < -0.39 is 17.5 Å². The van der Waals surface area contributed by atoms with Crippen LogP contribution in [0.4, 0.5) is 4.79 Å². The monoisotopic (exact) mass is 296 g/mol. The molecule has 1 aromatic rings. The van der Waals surface area contributed by atoms with E-state index in [0.717, 1.165) is 17.0 Å². The van der Waals surface area contributed by atoms with Gasteiger partial charge in [-0.25, -0.2) is 9.59 Å². The minimum Gasteiger partial charge on any atom is -0.480 e. The van der Waals surface area contributed by atoms with Crippen LogP contribution in [-0.2, 0) is 18.4 Å². The molecule has 7 nitrogen and oxygen atoms in total. The molecule has 1 aromatic heterocycles. The zero-order valence-corrected chi connectivity index (χ0v) is 13.5. The zero-order valence-electron chi connectivity index (χ0n) is 13.5. The fraction of sp³-hybridized carbons (Fsp3) is 0.643. The second kappa shape index (κ2) is 6.15. The average molecular weight is 296 g/mol. The molecule has 0 spiro atoms. The first-order chi connectivity index (χ1) is 9.62. The van der Waals surface area contributed by atoms with Gasteiger partial charge in [-0.1, -0.05) is 0 Å². The third kappa shape index (κ3) is 3.34. The summed E-state index contributed by atoms with van der Waals surface area (Å²) in [6, 6.07) is -0.396. The summed E-state index contributed by atoms with van der Waals surface area (Å²) in [6.45, 7) is 9.24. The van der Waals surface area contributed by atoms with Gasteiger partial charge in [0.1, 0.15) is 5.54 Å². The zero-order chi connectivity index (χ0) is 16.4. The van der Waals surface area contributed by atoms with Crippen LogP contribution in [0.2, 0.25) is 0 Å². The van der Waals surface area contributed by atoms with Crippen LogP contribution in [0, 0.1) is 13.8 Å². The normalized spacial score (nSPS) is 11.3. The average Bonchev–Trinajstić information content (AvgIpc) is 2.61. The number of amides is 2. The lowest BCUT2D eigenvalue weighted by Gasteiger charge is -2.34. The Labute approximate surface area is 124 Å². The second-order valence-electron chi connectivity index (χ2n) is 5.54. The highest BCUT2D eigenvalue weighted by Crippen LogP contribution is 2.16. The van der Waals surface area contributed by atoms with Crippen molar-refractivity contribution in [1.82, 2.24) is 20.0 Å². The van der Waals surface area contributed by atoms with Gasteiger partial charge >= 0.3 is 12.0 Å². The molecule has 7 heteroatoms. The summed E-state index contributed by atoms with van der Waals surface area (Å²) in [4.78, 5) is 24.8. The fourth-order valence-electron chi connectivity index (χ4n) is 2.24. The third-order valence-corrected chi connectivity index (χ3v) is 3.83. The number of likely N-dealkylation sites (N-methyl/N-ethyl adjacent to an activating group) is 1. The number of hydrogen-bond acceptors (Lipinski definition) is 3. The van der Waals surface area contributed by atoms with Crippen LogP contribution < -0.4 is 5.32 Å². The lowest BCUT2D eigenvalue weighted by Crippen LogP contribution is -2.55. The number of carbonyl (C=O) groups is 2. The fourth-order valence-corrected chi connectivity index (χ4v) is 2.24. The van der Waals surface area contributed by atoms with E-state index in [1.807, 2.05) is 20.9 Å². The lowest BCUT2D eigenvalue weighted by atomic mass is 10.0. The second-order valence-corrected chi connectivity index (χ2v) is 5.54. The smallest absolute Gasteiger partial charge is 0.329 e. The first kappa shape index (κ1) is 17.0. The highest BCUT2D eigenvalue weighted by Gasteiger charge is 2.36. The number of nitrogens with zero attached hydrogens (tertiary/aromatic N) is 3. The van der Waals surface area contributed by atoms with Crippen LogP contribution in [0.5, 0.6) is 0 Å². The van der Waals surface area contributed by atoms with Gasteiger partial charge in [0, 0.05) is 31.4 Å². The van der Waals surface area contributed by atoms with Crippen molar-refractivity contribution in [3.8, 4) is 0 Å². The van der Waals surface area contributed by atoms with Crippen LogP contribution in [0.3, 0.4) is 0 Å². The third-order valence-electron chi connectivity index (χ3n) is 3.83. The van der Waals surface area contributed by atoms with E-state index in [9.17, 15) is 14.7 Å². The Morgan fingerprint density at radius 1 is 1.38 bits per heavy atom. The molecule has 0 aliphatic carbocycles. The van der Waals surface area contributed by atoms with E-state index in [4.69, 9.17) is 0 Å². The Balaban J connectivity index is 2.83. The molecule has 0 atom stereocenters. The number of aliphatic carboxylic acids is 1. The molecule has 0 aliphatic rings. The Hall–Kier alpha value is -2.05. The quantitative estimate of drug-likeness (QED) is 0.860. The molecular formula is C14H24N4O3. The standard InChI is InChI=1S/C14H24N4O3/c1-7-18(14(4,5)12(19)20)13(21)15-8-11-9(2)16-17(6)10(11)3/h7-8H2,1-6H3,(H,15,21)(H,19,20). The number of hydrogen-bond donors (Lipinski definition) is 2. The number of aromatic nitrogens is 2. The predicted molar refractivity (Wildman–Crippen MR) is 79.0 cm³/mol. The maximum atomic E-state index is 12.3. The molecule has 2 amide bonds. The van der Waals surface area contributed by atoms with Crippen molar-refractivity contribution in [1.29, 1.82) is 0 Å². The molecule has 0 saturated carbocycles. The molecule has 0 saturated heterocycles. The molecule has 0 unspecified atom stereocenters. The van der Waals surface area contributed by atoms with E-state index in [1.165, 1.54) is 18.7 Å². The van der Waals surface area contributed by atoms with Crippen LogP contribution in [0.1, 0.15) is 37.7 Å². The topological polar surface area (TPSA) is 87.5 Å². The van der Waals surface area contributed by atoms with E-state index in [0.29, 0.717) is 13.1 Å². The Morgan fingerprint density at radius 3 is 2.33 bits per heavy atom. The number of carbonyl (C=O) groups excluding carboxylic acids is 1. The van der Waals surface area contributed by atoms with Crippen LogP contribution in [-0.4, -0.2) is 43.9 Å². The Kier molecular flexibility index (Phi) is 4.98. The van der Waals surface area contributed by atoms with Gasteiger partial charge in [-0.05, 0) is 34.6 Å². The van der Waals surface area contributed by atoms with E-state index in [2.05, 4.69) is 10.4 Å². The molecule has 0 fully saturated rings. The molecule has 0 radical (unpaired) electrons. The van der Waals surface area contributed by atoms with Crippen molar-refractivity contribution in [2.45, 2.75) is 46.7 Å². The van der Waals surface area contributed by atoms with Gasteiger partial charge in [-0.2, -0.15) is 5.10 Å². The van der Waals surface area contributed by atoms with E-state index >= 15 is 0 Å². The van der Waals surface area contributed by atoms with Crippen LogP contribution in [0.25, 0.3) is 0 Å². The van der Waals surface area contributed by atoms with Crippen molar-refractivity contribution in [3.05, 3.63) is 17.0 Å². The predicted octanol–water partition coefficient (Wildman–Crippen LogP) is 1.43. The molecule has 0 aliphatic heterocycles. The van der Waals surface area contributed by atoms with Crippen molar-refractivity contribution in [2.24, 2.45) is 7.05 Å². The van der Waals surface area contributed by atoms with Gasteiger partial charge in [0.05, 0.1) is 5.69 Å². The summed E-state index contributed by atoms with van der Waals surface area (Å²) in [7, 11) is 1.85. The first-order valence-electron chi connectivity index (χ1n) is 6.90. The largest absolute Gasteiger partial charge is 0.480 e. The van der Waals surface area contributed by atoms with E-state index in [-0.39, 0.29) is 0 Å². The molecular weight excluding hydrogens is 272 g/mol. The first-order valence-corrected chi connectivity index (χ1v) is 6.90. The number of carboxylic acids is 1. The van der Waals surface area contributed by atoms with Crippen molar-refractivity contribution >= 4 is 12.0 Å². The van der Waals surface area contributed by atoms with Crippen LogP contribution in [0.15, 0.2) is 0 Å². The molecule has 0 aromatic carbocycles. The minimum atomic E-state index is -1.25. The van der Waals surface area contributed by atoms with Gasteiger partial charge in [0.25, 0.3) is 0 Å². The molecule has 118 valence electrons. The van der Waals surface area contributed by atoms with Gasteiger partial charge in [-0.15, -0.1) is 0 Å². The van der Waals surface area contributed by atoms with Gasteiger partial charge in [-0.3, -0.25) is 4.68 Å². The SMILES string of the molecule is CCN(C(=O)NCc1c(C)nn(C)c1C)C(C)(C)C(=O)O. The molecule has 21 heavy (non-hydrogen) atoms. The Bertz CT molecular complexity index is 549. The highest BCUT2D eigenvalue weighted by atomic mass is 16.4. The summed E-state index contributed by atoms with van der Waals surface area (Å²) in [5.74, 6) is -1.03. The molecule has 1 heterocycles. The maximum Gasteiger partial charge on any atom is 0.329 e. The lowest BCUT2D eigenvalue weighted by molar-refractivity contribution is -0.147. The summed E-state index contributed by atoms with van der Waals surface area (Å²) in [5, 5.41) is 16.3. The van der Waals surface area contributed by atoms with E-state index in [1.54, 1.807) is 11.6 Å². The number of rotatable bonds is 5. The number of urea groups is 1. The Morgan fingerprint density at radius 2 is 1.95 bits per heavy atom. The number of aryl methyl sites for hydroxylation is 2. The summed E-state index contributed by atoms with van der Waals surface area (Å²) < 4.78 is 1.76. The number of nitrogens with one attached hydrogen (secondary N) is 1. The summed E-state index contributed by atoms with van der Waals surface area (Å²) >= 11 is 0. The van der Waals surface area contributed by atoms with Crippen molar-refractivity contribution < 1.29 is 14.7 Å². The van der Waals surface area contributed by atoms with Gasteiger partial charge < -0.3 is 15.3 Å². The summed E-state index contributed by atoms with van der Waals surface area (Å²) in [6.07, 6.45) is 0. The minimum absolute atomic E-state index is 0.316. The van der Waals surface area contributed by atoms with Gasteiger partial charge in [0.2, 0.25) is 0 Å². The molecule has 0 bridgehead atoms. The number of carboxylic acid groups (broad SMARTS) is 1. The van der Waals surface area contributed by atoms with Crippen molar-refractivity contribution in [2.75, 3.05) is 6.54 Å². The maximum absolute atomic E-state index is 12.3. The van der Waals surface area contributed by atoms with Crippen molar-refractivity contribution in [3.63, 3.8) is 0 Å².